The van der Waals surface area contributed by atoms with Crippen LogP contribution in [0.3, 0.4) is 0 Å². The van der Waals surface area contributed by atoms with Crippen LogP contribution in [0, 0.1) is 5.92 Å². The molecule has 7 heteroatoms. The molecule has 0 bridgehead atoms. The van der Waals surface area contributed by atoms with Gasteiger partial charge >= 0.3 is 5.97 Å². The highest BCUT2D eigenvalue weighted by Gasteiger charge is 2.33. The zero-order valence-electron chi connectivity index (χ0n) is 13.3. The summed E-state index contributed by atoms with van der Waals surface area (Å²) in [5.74, 6) is -0.105. The molecule has 1 atom stereocenters. The Kier molecular flexibility index (Phi) is 7.87. The van der Waals surface area contributed by atoms with Crippen LogP contribution < -0.4 is 10.6 Å². The third-order valence-corrected chi connectivity index (χ3v) is 3.69. The average molecular weight is 327 g/mol. The summed E-state index contributed by atoms with van der Waals surface area (Å²) in [6.45, 7) is 9.71. The van der Waals surface area contributed by atoms with E-state index in [4.69, 9.17) is 17.0 Å². The van der Waals surface area contributed by atoms with E-state index in [0.29, 0.717) is 37.3 Å². The minimum absolute atomic E-state index is 0.000161. The third-order valence-electron chi connectivity index (χ3n) is 3.31. The van der Waals surface area contributed by atoms with E-state index in [0.717, 1.165) is 6.42 Å². The number of amides is 1. The minimum atomic E-state index is -0.620. The van der Waals surface area contributed by atoms with Gasteiger partial charge in [-0.2, -0.15) is 0 Å². The van der Waals surface area contributed by atoms with E-state index < -0.39 is 6.04 Å². The number of nitrogens with one attached hydrogen (secondary N) is 2. The van der Waals surface area contributed by atoms with Gasteiger partial charge in [-0.05, 0) is 24.6 Å². The van der Waals surface area contributed by atoms with Crippen LogP contribution in [0.25, 0.3) is 0 Å². The highest BCUT2D eigenvalue weighted by molar-refractivity contribution is 7.80. The normalized spacial score (nSPS) is 17.9. The summed E-state index contributed by atoms with van der Waals surface area (Å²) in [7, 11) is 0. The highest BCUT2D eigenvalue weighted by Crippen LogP contribution is 2.11. The monoisotopic (exact) mass is 327 g/mol. The maximum Gasteiger partial charge on any atom is 0.308 e. The van der Waals surface area contributed by atoms with Crippen molar-refractivity contribution in [3.05, 3.63) is 12.7 Å². The molecule has 0 aromatic rings. The Balaban J connectivity index is 2.57. The van der Waals surface area contributed by atoms with Crippen LogP contribution >= 0.6 is 12.2 Å². The zero-order valence-corrected chi connectivity index (χ0v) is 14.1. The summed E-state index contributed by atoms with van der Waals surface area (Å²) in [5, 5.41) is 6.20. The van der Waals surface area contributed by atoms with Crippen molar-refractivity contribution >= 4 is 29.2 Å². The van der Waals surface area contributed by atoms with Gasteiger partial charge in [0.15, 0.2) is 5.11 Å². The lowest BCUT2D eigenvalue weighted by atomic mass is 10.1. The van der Waals surface area contributed by atoms with Crippen molar-refractivity contribution in [2.24, 2.45) is 5.92 Å². The Morgan fingerprint density at radius 3 is 3.00 bits per heavy atom. The number of thiocarbonyl (C=S) groups is 1. The van der Waals surface area contributed by atoms with Crippen molar-refractivity contribution in [1.82, 2.24) is 15.5 Å². The summed E-state index contributed by atoms with van der Waals surface area (Å²) < 4.78 is 5.19. The predicted octanol–water partition coefficient (Wildman–Crippen LogP) is 0.827. The molecule has 124 valence electrons. The molecule has 1 saturated heterocycles. The molecule has 1 aliphatic rings. The molecule has 0 spiro atoms. The Bertz CT molecular complexity index is 426. The van der Waals surface area contributed by atoms with Gasteiger partial charge in [0, 0.05) is 19.6 Å². The molecule has 0 aliphatic carbocycles. The molecule has 1 rings (SSSR count). The van der Waals surface area contributed by atoms with Crippen LogP contribution in [0.5, 0.6) is 0 Å². The van der Waals surface area contributed by atoms with E-state index in [1.54, 1.807) is 11.0 Å². The van der Waals surface area contributed by atoms with E-state index in [1.807, 2.05) is 0 Å². The number of carbonyl (C=O) groups excluding carboxylic acids is 2. The van der Waals surface area contributed by atoms with Gasteiger partial charge in [-0.1, -0.05) is 19.9 Å². The van der Waals surface area contributed by atoms with Gasteiger partial charge < -0.3 is 20.3 Å². The first kappa shape index (κ1) is 18.4. The molecule has 1 heterocycles. The molecule has 0 radical (unpaired) electrons. The second-order valence-corrected chi connectivity index (χ2v) is 5.97. The summed E-state index contributed by atoms with van der Waals surface area (Å²) >= 11 is 5.28. The zero-order chi connectivity index (χ0) is 16.5. The maximum atomic E-state index is 12.0. The molecule has 1 aliphatic heterocycles. The lowest BCUT2D eigenvalue weighted by Crippen LogP contribution is -2.59. The molecule has 1 amide bonds. The fourth-order valence-corrected chi connectivity index (χ4v) is 2.35. The molecule has 1 fully saturated rings. The second-order valence-electron chi connectivity index (χ2n) is 5.58. The number of nitrogens with zero attached hydrogens (tertiary/aromatic N) is 1. The van der Waals surface area contributed by atoms with E-state index >= 15 is 0 Å². The fraction of sp³-hybridized carbons (Fsp3) is 0.667. The second kappa shape index (κ2) is 9.40. The van der Waals surface area contributed by atoms with Gasteiger partial charge in [-0.3, -0.25) is 9.59 Å². The van der Waals surface area contributed by atoms with Crippen LogP contribution in [0.4, 0.5) is 0 Å². The first-order valence-electron chi connectivity index (χ1n) is 7.54. The van der Waals surface area contributed by atoms with Crippen molar-refractivity contribution in [3.63, 3.8) is 0 Å². The van der Waals surface area contributed by atoms with Crippen LogP contribution in [-0.4, -0.2) is 54.2 Å². The van der Waals surface area contributed by atoms with Crippen molar-refractivity contribution in [3.8, 4) is 0 Å². The number of esters is 1. The van der Waals surface area contributed by atoms with Crippen LogP contribution in [0.1, 0.15) is 26.7 Å². The number of rotatable bonds is 7. The molecule has 1 unspecified atom stereocenters. The molecular weight excluding hydrogens is 302 g/mol. The van der Waals surface area contributed by atoms with Gasteiger partial charge in [0.1, 0.15) is 6.04 Å². The van der Waals surface area contributed by atoms with Crippen LogP contribution in [0.15, 0.2) is 12.7 Å². The maximum absolute atomic E-state index is 12.0. The minimum Gasteiger partial charge on any atom is -0.466 e. The van der Waals surface area contributed by atoms with Crippen molar-refractivity contribution in [1.29, 1.82) is 0 Å². The first-order valence-corrected chi connectivity index (χ1v) is 7.95. The lowest BCUT2D eigenvalue weighted by molar-refractivity contribution is -0.147. The largest absolute Gasteiger partial charge is 0.466 e. The molecule has 6 nitrogen and oxygen atoms in total. The topological polar surface area (TPSA) is 70.7 Å². The van der Waals surface area contributed by atoms with Gasteiger partial charge in [0.2, 0.25) is 5.91 Å². The fourth-order valence-electron chi connectivity index (χ4n) is 2.05. The first-order chi connectivity index (χ1) is 10.5. The van der Waals surface area contributed by atoms with E-state index in [1.165, 1.54) is 0 Å². The summed E-state index contributed by atoms with van der Waals surface area (Å²) in [6.07, 6.45) is 2.50. The quantitative estimate of drug-likeness (QED) is 0.410. The van der Waals surface area contributed by atoms with Gasteiger partial charge in [-0.15, -0.1) is 6.58 Å². The molecule has 0 aromatic carbocycles. The van der Waals surface area contributed by atoms with Crippen molar-refractivity contribution in [2.75, 3.05) is 26.2 Å². The number of piperazine rings is 1. The average Bonchev–Trinajstić information content (AvgIpc) is 2.46. The molecule has 2 N–H and O–H groups in total. The Hall–Kier alpha value is -1.63. The van der Waals surface area contributed by atoms with Gasteiger partial charge in [-0.25, -0.2) is 0 Å². The summed E-state index contributed by atoms with van der Waals surface area (Å²) in [5.41, 5.74) is 0. The smallest absolute Gasteiger partial charge is 0.308 e. The Morgan fingerprint density at radius 2 is 2.36 bits per heavy atom. The van der Waals surface area contributed by atoms with Crippen LogP contribution in [-0.2, 0) is 14.3 Å². The van der Waals surface area contributed by atoms with Gasteiger partial charge in [0.25, 0.3) is 0 Å². The molecule has 0 aromatic heterocycles. The molecule has 22 heavy (non-hydrogen) atoms. The Morgan fingerprint density at radius 1 is 1.64 bits per heavy atom. The number of ether oxygens (including phenoxy) is 1. The van der Waals surface area contributed by atoms with Crippen LogP contribution in [0.2, 0.25) is 0 Å². The number of hydrogen-bond acceptors (Lipinski definition) is 4. The Labute approximate surface area is 137 Å². The number of hydrogen-bond donors (Lipinski definition) is 2. The highest BCUT2D eigenvalue weighted by atomic mass is 32.1. The predicted molar refractivity (Wildman–Crippen MR) is 89.3 cm³/mol. The summed E-state index contributed by atoms with van der Waals surface area (Å²) in [4.78, 5) is 25.7. The van der Waals surface area contributed by atoms with E-state index in [-0.39, 0.29) is 18.3 Å². The summed E-state index contributed by atoms with van der Waals surface area (Å²) in [6, 6.07) is -0.620. The number of carbonyl (C=O) groups is 2. The van der Waals surface area contributed by atoms with E-state index in [2.05, 4.69) is 31.1 Å². The third kappa shape index (κ3) is 6.01. The standard InChI is InChI=1S/C15H25N3O3S/c1-4-6-17-15(22)18-8-7-16-14(20)12(18)10-13(19)21-9-5-11(2)3/h4,11-12H,1,5-10H2,2-3H3,(H,16,20)(H,17,22). The molecule has 0 saturated carbocycles. The SMILES string of the molecule is C=CCNC(=S)N1CCNC(=O)C1CC(=O)OCCC(C)C. The van der Waals surface area contributed by atoms with Crippen molar-refractivity contribution < 1.29 is 14.3 Å². The molecular formula is C15H25N3O3S. The lowest BCUT2D eigenvalue weighted by Gasteiger charge is -2.36. The van der Waals surface area contributed by atoms with E-state index in [9.17, 15) is 9.59 Å². The van der Waals surface area contributed by atoms with Crippen molar-refractivity contribution in [2.45, 2.75) is 32.7 Å². The van der Waals surface area contributed by atoms with Gasteiger partial charge in [0.05, 0.1) is 13.0 Å².